The fourth-order valence-electron chi connectivity index (χ4n) is 2.33. The lowest BCUT2D eigenvalue weighted by Gasteiger charge is -2.20. The summed E-state index contributed by atoms with van der Waals surface area (Å²) in [4.78, 5) is 22.6. The van der Waals surface area contributed by atoms with Crippen LogP contribution in [0.3, 0.4) is 0 Å². The number of nitrogens with one attached hydrogen (secondary N) is 2. The van der Waals surface area contributed by atoms with Crippen LogP contribution in [0, 0.1) is 0 Å². The van der Waals surface area contributed by atoms with E-state index >= 15 is 0 Å². The van der Waals surface area contributed by atoms with E-state index in [1.54, 1.807) is 12.1 Å². The van der Waals surface area contributed by atoms with E-state index in [9.17, 15) is 9.59 Å². The van der Waals surface area contributed by atoms with Gasteiger partial charge in [-0.05, 0) is 56.2 Å². The highest BCUT2D eigenvalue weighted by Crippen LogP contribution is 2.23. The Hall–Kier alpha value is -3.28. The zero-order valence-corrected chi connectivity index (χ0v) is 15.7. The van der Waals surface area contributed by atoms with Gasteiger partial charge in [0.1, 0.15) is 5.60 Å². The van der Waals surface area contributed by atoms with Gasteiger partial charge in [-0.25, -0.2) is 9.59 Å². The zero-order chi connectivity index (χ0) is 19.9. The van der Waals surface area contributed by atoms with Crippen LogP contribution in [0.5, 0.6) is 0 Å². The van der Waals surface area contributed by atoms with E-state index < -0.39 is 17.7 Å². The van der Waals surface area contributed by atoms with Crippen molar-refractivity contribution in [3.8, 4) is 0 Å². The molecular weight excluding hydrogens is 344 g/mol. The maximum atomic E-state index is 12.0. The van der Waals surface area contributed by atoms with Crippen molar-refractivity contribution in [2.75, 3.05) is 10.6 Å². The van der Waals surface area contributed by atoms with Gasteiger partial charge in [0.05, 0.1) is 11.4 Å². The minimum atomic E-state index is -0.985. The highest BCUT2D eigenvalue weighted by Gasteiger charge is 2.17. The third kappa shape index (κ3) is 7.23. The fraction of sp³-hybridized carbons (Fsp3) is 0.238. The Labute approximate surface area is 158 Å². The van der Waals surface area contributed by atoms with Crippen LogP contribution in [-0.4, -0.2) is 22.8 Å². The number of benzene rings is 2. The molecule has 6 heteroatoms. The molecule has 27 heavy (non-hydrogen) atoms. The molecule has 2 aromatic rings. The summed E-state index contributed by atoms with van der Waals surface area (Å²) in [5, 5.41) is 14.8. The van der Waals surface area contributed by atoms with Gasteiger partial charge >= 0.3 is 12.1 Å². The van der Waals surface area contributed by atoms with Crippen molar-refractivity contribution >= 4 is 29.5 Å². The molecule has 0 aromatic heterocycles. The van der Waals surface area contributed by atoms with E-state index in [4.69, 9.17) is 9.84 Å². The van der Waals surface area contributed by atoms with Crippen LogP contribution in [0.25, 0.3) is 6.08 Å². The third-order valence-electron chi connectivity index (χ3n) is 3.42. The first-order valence-corrected chi connectivity index (χ1v) is 8.56. The minimum absolute atomic E-state index is 0.516. The highest BCUT2D eigenvalue weighted by atomic mass is 16.6. The largest absolute Gasteiger partial charge is 0.478 e. The van der Waals surface area contributed by atoms with Crippen molar-refractivity contribution in [3.63, 3.8) is 0 Å². The van der Waals surface area contributed by atoms with Crippen molar-refractivity contribution in [1.29, 1.82) is 0 Å². The molecule has 3 N–H and O–H groups in total. The van der Waals surface area contributed by atoms with Gasteiger partial charge in [-0.1, -0.05) is 30.3 Å². The van der Waals surface area contributed by atoms with Crippen LogP contribution in [0.4, 0.5) is 16.2 Å². The predicted molar refractivity (Wildman–Crippen MR) is 107 cm³/mol. The lowest BCUT2D eigenvalue weighted by Crippen LogP contribution is -2.27. The van der Waals surface area contributed by atoms with E-state index in [1.165, 1.54) is 0 Å². The van der Waals surface area contributed by atoms with Crippen molar-refractivity contribution in [3.05, 3.63) is 65.7 Å². The Balaban J connectivity index is 2.05. The van der Waals surface area contributed by atoms with Gasteiger partial charge in [-0.15, -0.1) is 0 Å². The van der Waals surface area contributed by atoms with Crippen molar-refractivity contribution in [2.45, 2.75) is 32.9 Å². The van der Waals surface area contributed by atoms with Crippen LogP contribution in [-0.2, 0) is 16.1 Å². The van der Waals surface area contributed by atoms with E-state index in [0.717, 1.165) is 22.9 Å². The summed E-state index contributed by atoms with van der Waals surface area (Å²) in [6.45, 7) is 5.94. The minimum Gasteiger partial charge on any atom is -0.478 e. The number of ether oxygens (including phenoxy) is 1. The Kier molecular flexibility index (Phi) is 6.60. The van der Waals surface area contributed by atoms with E-state index in [1.807, 2.05) is 63.2 Å². The Bertz CT molecular complexity index is 838. The third-order valence-corrected chi connectivity index (χ3v) is 3.42. The lowest BCUT2D eigenvalue weighted by atomic mass is 10.1. The quantitative estimate of drug-likeness (QED) is 0.641. The highest BCUT2D eigenvalue weighted by molar-refractivity contribution is 5.89. The molecule has 0 saturated heterocycles. The number of hydrogen-bond donors (Lipinski definition) is 3. The summed E-state index contributed by atoms with van der Waals surface area (Å²) in [7, 11) is 0. The average molecular weight is 368 g/mol. The van der Waals surface area contributed by atoms with Crippen LogP contribution >= 0.6 is 0 Å². The van der Waals surface area contributed by atoms with Crippen molar-refractivity contribution < 1.29 is 19.4 Å². The molecule has 0 saturated carbocycles. The molecule has 0 aliphatic carbocycles. The first-order valence-electron chi connectivity index (χ1n) is 8.56. The van der Waals surface area contributed by atoms with Crippen LogP contribution in [0.1, 0.15) is 31.9 Å². The van der Waals surface area contributed by atoms with Gasteiger partial charge < -0.3 is 15.2 Å². The van der Waals surface area contributed by atoms with Crippen molar-refractivity contribution in [1.82, 2.24) is 0 Å². The summed E-state index contributed by atoms with van der Waals surface area (Å²) >= 11 is 0. The molecule has 142 valence electrons. The van der Waals surface area contributed by atoms with E-state index in [0.29, 0.717) is 12.2 Å². The molecule has 0 aliphatic heterocycles. The molecule has 0 heterocycles. The molecule has 1 amide bonds. The van der Waals surface area contributed by atoms with Crippen LogP contribution in [0.15, 0.2) is 54.6 Å². The Morgan fingerprint density at radius 3 is 2.44 bits per heavy atom. The lowest BCUT2D eigenvalue weighted by molar-refractivity contribution is -0.131. The summed E-state index contributed by atoms with van der Waals surface area (Å²) in [6.07, 6.45) is 2.13. The second-order valence-corrected chi connectivity index (χ2v) is 6.94. The fourth-order valence-corrected chi connectivity index (χ4v) is 2.33. The summed E-state index contributed by atoms with van der Waals surface area (Å²) < 4.78 is 5.29. The number of hydrogen-bond acceptors (Lipinski definition) is 4. The van der Waals surface area contributed by atoms with Gasteiger partial charge in [0.15, 0.2) is 0 Å². The molecule has 0 radical (unpaired) electrons. The van der Waals surface area contributed by atoms with Crippen LogP contribution < -0.4 is 10.6 Å². The number of carboxylic acids is 1. The van der Waals surface area contributed by atoms with E-state index in [-0.39, 0.29) is 0 Å². The predicted octanol–water partition coefficient (Wildman–Crippen LogP) is 4.74. The maximum absolute atomic E-state index is 12.0. The summed E-state index contributed by atoms with van der Waals surface area (Å²) in [5.74, 6) is -0.985. The number of rotatable bonds is 6. The molecule has 0 fully saturated rings. The average Bonchev–Trinajstić information content (AvgIpc) is 2.58. The maximum Gasteiger partial charge on any atom is 0.412 e. The molecular formula is C21H24N2O4. The first kappa shape index (κ1) is 20.0. The molecule has 0 aliphatic rings. The normalized spacial score (nSPS) is 11.2. The Morgan fingerprint density at radius 1 is 1.07 bits per heavy atom. The molecule has 0 bridgehead atoms. The second kappa shape index (κ2) is 8.89. The number of amides is 1. The number of aliphatic carboxylic acids is 1. The number of carbonyl (C=O) groups excluding carboxylic acids is 1. The summed E-state index contributed by atoms with van der Waals surface area (Å²) in [5.41, 5.74) is 2.59. The van der Waals surface area contributed by atoms with Gasteiger partial charge in [-0.2, -0.15) is 0 Å². The number of para-hydroxylation sites is 2. The molecule has 2 aromatic carbocycles. The SMILES string of the molecule is CC(C)(C)OC(=O)Nc1ccccc1NCc1cccc(/C=C/C(=O)O)c1. The van der Waals surface area contributed by atoms with Crippen molar-refractivity contribution in [2.24, 2.45) is 0 Å². The van der Waals surface area contributed by atoms with E-state index in [2.05, 4.69) is 10.6 Å². The zero-order valence-electron chi connectivity index (χ0n) is 15.7. The van der Waals surface area contributed by atoms with Gasteiger partial charge in [0.25, 0.3) is 0 Å². The number of carboxylic acid groups (broad SMARTS) is 1. The smallest absolute Gasteiger partial charge is 0.412 e. The standard InChI is InChI=1S/C21H24N2O4/c1-21(2,3)27-20(26)23-18-10-5-4-9-17(18)22-14-16-8-6-7-15(13-16)11-12-19(24)25/h4-13,22H,14H2,1-3H3,(H,23,26)(H,24,25)/b12-11+. The van der Waals surface area contributed by atoms with Gasteiger partial charge in [0.2, 0.25) is 0 Å². The number of anilines is 2. The van der Waals surface area contributed by atoms with Gasteiger partial charge in [0, 0.05) is 12.6 Å². The first-order chi connectivity index (χ1) is 12.7. The monoisotopic (exact) mass is 368 g/mol. The molecule has 0 atom stereocenters. The molecule has 0 spiro atoms. The molecule has 0 unspecified atom stereocenters. The molecule has 6 nitrogen and oxygen atoms in total. The second-order valence-electron chi connectivity index (χ2n) is 6.94. The van der Waals surface area contributed by atoms with Crippen LogP contribution in [0.2, 0.25) is 0 Å². The summed E-state index contributed by atoms with van der Waals surface area (Å²) in [6, 6.07) is 14.9. The number of carbonyl (C=O) groups is 2. The molecule has 2 rings (SSSR count). The van der Waals surface area contributed by atoms with Gasteiger partial charge in [-0.3, -0.25) is 5.32 Å². The topological polar surface area (TPSA) is 87.7 Å². The Morgan fingerprint density at radius 2 is 1.78 bits per heavy atom.